The van der Waals surface area contributed by atoms with Crippen molar-refractivity contribution in [2.45, 2.75) is 13.0 Å². The molecule has 1 fully saturated rings. The molecule has 0 spiro atoms. The Morgan fingerprint density at radius 1 is 1.35 bits per heavy atom. The number of hydrogen-bond donors (Lipinski definition) is 2. The average Bonchev–Trinajstić information content (AvgIpc) is 2.55. The number of nitrogens with one attached hydrogen (secondary N) is 1. The van der Waals surface area contributed by atoms with Crippen molar-refractivity contribution in [1.29, 1.82) is 0 Å². The summed E-state index contributed by atoms with van der Waals surface area (Å²) in [5.74, 6) is 1.05. The van der Waals surface area contributed by atoms with Crippen LogP contribution in [-0.4, -0.2) is 47.5 Å². The molecule has 0 aliphatic carbocycles. The highest BCUT2D eigenvalue weighted by Crippen LogP contribution is 2.30. The van der Waals surface area contributed by atoms with E-state index in [0.717, 1.165) is 17.9 Å². The van der Waals surface area contributed by atoms with Crippen LogP contribution in [0.15, 0.2) is 40.8 Å². The van der Waals surface area contributed by atoms with Gasteiger partial charge in [0.25, 0.3) is 0 Å². The number of para-hydroxylation sites is 2. The molecule has 1 aromatic carbocycles. The lowest BCUT2D eigenvalue weighted by Gasteiger charge is -2.35. The molecule has 8 heteroatoms. The third-order valence-electron chi connectivity index (χ3n) is 4.03. The minimum atomic E-state index is -2.32. The minimum absolute atomic E-state index is 0.237. The molecule has 2 aromatic rings. The molecule has 3 N–H and O–H groups in total. The van der Waals surface area contributed by atoms with E-state index in [-0.39, 0.29) is 6.04 Å². The van der Waals surface area contributed by atoms with Crippen molar-refractivity contribution in [1.82, 2.24) is 4.98 Å². The van der Waals surface area contributed by atoms with Gasteiger partial charge < -0.3 is 20.7 Å². The summed E-state index contributed by atoms with van der Waals surface area (Å²) in [7, 11) is -2.32. The fourth-order valence-corrected chi connectivity index (χ4v) is 3.41. The number of nitrogens with two attached hydrogens (primary N) is 1. The van der Waals surface area contributed by atoms with Gasteiger partial charge in [-0.15, -0.1) is 0 Å². The Morgan fingerprint density at radius 3 is 2.81 bits per heavy atom. The predicted molar refractivity (Wildman–Crippen MR) is 108 cm³/mol. The fraction of sp³-hybridized carbons (Fsp3) is 0.389. The molecule has 0 saturated carbocycles. The van der Waals surface area contributed by atoms with Crippen molar-refractivity contribution in [2.75, 3.05) is 48.2 Å². The van der Waals surface area contributed by atoms with Crippen LogP contribution in [-0.2, 0) is 14.5 Å². The Balaban J connectivity index is 2.03. The summed E-state index contributed by atoms with van der Waals surface area (Å²) >= 11 is 0. The van der Waals surface area contributed by atoms with E-state index in [9.17, 15) is 4.21 Å². The van der Waals surface area contributed by atoms with E-state index in [0.29, 0.717) is 30.5 Å². The molecular formula is C18H25N5O2S. The second kappa shape index (κ2) is 7.51. The van der Waals surface area contributed by atoms with E-state index < -0.39 is 9.73 Å². The Bertz CT molecular complexity index is 900. The van der Waals surface area contributed by atoms with Crippen molar-refractivity contribution in [2.24, 2.45) is 4.36 Å². The molecule has 1 aliphatic heterocycles. The van der Waals surface area contributed by atoms with Gasteiger partial charge in [-0.25, -0.2) is 9.19 Å². The first-order chi connectivity index (χ1) is 12.3. The zero-order valence-electron chi connectivity index (χ0n) is 15.3. The smallest absolute Gasteiger partial charge is 0.165 e. The molecule has 1 unspecified atom stereocenters. The number of anilines is 4. The second-order valence-electron chi connectivity index (χ2n) is 6.67. The first-order valence-electron chi connectivity index (χ1n) is 8.47. The molecular weight excluding hydrogens is 350 g/mol. The van der Waals surface area contributed by atoms with Crippen LogP contribution in [0.1, 0.15) is 6.92 Å². The molecule has 1 atom stereocenters. The van der Waals surface area contributed by atoms with Crippen LogP contribution in [0, 0.1) is 0 Å². The van der Waals surface area contributed by atoms with Crippen LogP contribution >= 0.6 is 0 Å². The first-order valence-corrected chi connectivity index (χ1v) is 10.8. The maximum atomic E-state index is 12.2. The van der Waals surface area contributed by atoms with Gasteiger partial charge in [0.1, 0.15) is 5.82 Å². The number of nitrogens with zero attached hydrogens (tertiary/aromatic N) is 3. The van der Waals surface area contributed by atoms with Crippen LogP contribution in [0.4, 0.5) is 28.7 Å². The third-order valence-corrected chi connectivity index (χ3v) is 4.66. The molecule has 0 amide bonds. The Hall–Kier alpha value is -2.32. The molecule has 26 heavy (non-hydrogen) atoms. The quantitative estimate of drug-likeness (QED) is 0.798. The number of rotatable bonds is 4. The number of ether oxygens (including phenoxy) is 1. The van der Waals surface area contributed by atoms with Crippen LogP contribution in [0.25, 0.3) is 0 Å². The lowest BCUT2D eigenvalue weighted by molar-refractivity contribution is 0.0989. The zero-order chi connectivity index (χ0) is 18.7. The summed E-state index contributed by atoms with van der Waals surface area (Å²) in [4.78, 5) is 6.75. The summed E-state index contributed by atoms with van der Waals surface area (Å²) in [5.41, 5.74) is 8.39. The normalized spacial score (nSPS) is 17.8. The van der Waals surface area contributed by atoms with Gasteiger partial charge in [0.05, 0.1) is 24.6 Å². The summed E-state index contributed by atoms with van der Waals surface area (Å²) in [6.07, 6.45) is 3.20. The first kappa shape index (κ1) is 18.5. The molecule has 1 aromatic heterocycles. The van der Waals surface area contributed by atoms with Crippen LogP contribution in [0.2, 0.25) is 0 Å². The van der Waals surface area contributed by atoms with E-state index in [2.05, 4.69) is 26.5 Å². The Kier molecular flexibility index (Phi) is 5.33. The molecule has 3 rings (SSSR count). The summed E-state index contributed by atoms with van der Waals surface area (Å²) < 4.78 is 22.0. The SMILES string of the molecule is CC1COCCN1c1cc(N=S(C)(C)=O)nc(Nc2ccccc2N)c1. The molecule has 0 bridgehead atoms. The van der Waals surface area contributed by atoms with Gasteiger partial charge in [-0.05, 0) is 19.1 Å². The van der Waals surface area contributed by atoms with E-state index in [1.165, 1.54) is 0 Å². The summed E-state index contributed by atoms with van der Waals surface area (Å²) in [6, 6.07) is 11.6. The highest BCUT2D eigenvalue weighted by Gasteiger charge is 2.20. The van der Waals surface area contributed by atoms with Gasteiger partial charge >= 0.3 is 0 Å². The van der Waals surface area contributed by atoms with Crippen molar-refractivity contribution < 1.29 is 8.95 Å². The number of aromatic nitrogens is 1. The van der Waals surface area contributed by atoms with Gasteiger partial charge in [-0.3, -0.25) is 0 Å². The van der Waals surface area contributed by atoms with E-state index in [4.69, 9.17) is 10.5 Å². The minimum Gasteiger partial charge on any atom is -0.397 e. The van der Waals surface area contributed by atoms with Crippen molar-refractivity contribution >= 4 is 38.4 Å². The standard InChI is InChI=1S/C18H25N5O2S/c1-13-12-25-9-8-23(13)14-10-17(20-16-7-5-4-6-15(16)19)21-18(11-14)22-26(2,3)24/h4-7,10-11,13H,8-9,12,19H2,1-3H3,(H,20,21). The van der Waals surface area contributed by atoms with Gasteiger partial charge in [-0.2, -0.15) is 4.36 Å². The van der Waals surface area contributed by atoms with Crippen LogP contribution in [0.3, 0.4) is 0 Å². The lowest BCUT2D eigenvalue weighted by atomic mass is 10.2. The fourth-order valence-electron chi connectivity index (χ4n) is 2.86. The summed E-state index contributed by atoms with van der Waals surface area (Å²) in [5, 5.41) is 3.25. The van der Waals surface area contributed by atoms with Crippen molar-refractivity contribution in [3.05, 3.63) is 36.4 Å². The highest BCUT2D eigenvalue weighted by atomic mass is 32.2. The van der Waals surface area contributed by atoms with Gasteiger partial charge in [0.2, 0.25) is 0 Å². The molecule has 1 aliphatic rings. The largest absolute Gasteiger partial charge is 0.397 e. The lowest BCUT2D eigenvalue weighted by Crippen LogP contribution is -2.43. The number of pyridine rings is 1. The maximum Gasteiger partial charge on any atom is 0.165 e. The topological polar surface area (TPSA) is 92.8 Å². The monoisotopic (exact) mass is 375 g/mol. The number of morpholine rings is 1. The van der Waals surface area contributed by atoms with Gasteiger partial charge in [-0.1, -0.05) is 12.1 Å². The second-order valence-corrected chi connectivity index (χ2v) is 9.22. The van der Waals surface area contributed by atoms with Crippen LogP contribution < -0.4 is 16.0 Å². The maximum absolute atomic E-state index is 12.2. The van der Waals surface area contributed by atoms with Gasteiger partial charge in [0, 0.05) is 52.6 Å². The Morgan fingerprint density at radius 2 is 2.12 bits per heavy atom. The van der Waals surface area contributed by atoms with E-state index in [1.54, 1.807) is 12.5 Å². The number of nitrogen functional groups attached to an aromatic ring is 1. The van der Waals surface area contributed by atoms with Crippen LogP contribution in [0.5, 0.6) is 0 Å². The molecule has 1 saturated heterocycles. The van der Waals surface area contributed by atoms with E-state index in [1.807, 2.05) is 36.4 Å². The Labute approximate surface area is 154 Å². The highest BCUT2D eigenvalue weighted by molar-refractivity contribution is 7.92. The number of benzene rings is 1. The predicted octanol–water partition coefficient (Wildman–Crippen LogP) is 2.99. The molecule has 7 nitrogen and oxygen atoms in total. The third kappa shape index (κ3) is 4.64. The molecule has 0 radical (unpaired) electrons. The van der Waals surface area contributed by atoms with Crippen molar-refractivity contribution in [3.8, 4) is 0 Å². The number of hydrogen-bond acceptors (Lipinski definition) is 7. The van der Waals surface area contributed by atoms with Gasteiger partial charge in [0.15, 0.2) is 5.82 Å². The van der Waals surface area contributed by atoms with E-state index >= 15 is 0 Å². The molecule has 2 heterocycles. The van der Waals surface area contributed by atoms with Crippen molar-refractivity contribution in [3.63, 3.8) is 0 Å². The molecule has 140 valence electrons. The average molecular weight is 375 g/mol. The zero-order valence-corrected chi connectivity index (χ0v) is 16.1. The summed E-state index contributed by atoms with van der Waals surface area (Å²) in [6.45, 7) is 4.24.